The van der Waals surface area contributed by atoms with Crippen LogP contribution in [-0.2, 0) is 22.9 Å². The van der Waals surface area contributed by atoms with Crippen molar-refractivity contribution in [2.75, 3.05) is 14.2 Å². The van der Waals surface area contributed by atoms with Crippen molar-refractivity contribution < 1.29 is 19.1 Å². The van der Waals surface area contributed by atoms with Crippen LogP contribution in [0.5, 0.6) is 11.5 Å². The number of benzene rings is 3. The number of amidine groups is 2. The largest absolute Gasteiger partial charge is 0.489 e. The van der Waals surface area contributed by atoms with Crippen molar-refractivity contribution in [1.29, 1.82) is 0 Å². The standard InChI is InChI=1S/C24H26N4O4/c1-29-27-23(25)19-10-6-17(7-11-19)15-31-21-4-3-5-22(14-21)32-16-18-8-12-20(13-9-18)24(26)28-30-2/h3-14H,15-16H2,1-2H3,(H2,25,27)(H2,26,28). The summed E-state index contributed by atoms with van der Waals surface area (Å²) in [5, 5.41) is 7.44. The molecule has 8 heteroatoms. The van der Waals surface area contributed by atoms with Crippen LogP contribution in [0.3, 0.4) is 0 Å². The molecule has 0 atom stereocenters. The molecule has 166 valence electrons. The van der Waals surface area contributed by atoms with Gasteiger partial charge in [-0.05, 0) is 23.3 Å². The summed E-state index contributed by atoms with van der Waals surface area (Å²) in [4.78, 5) is 9.38. The van der Waals surface area contributed by atoms with E-state index < -0.39 is 0 Å². The van der Waals surface area contributed by atoms with Gasteiger partial charge in [0.05, 0.1) is 0 Å². The van der Waals surface area contributed by atoms with Crippen LogP contribution in [0.25, 0.3) is 0 Å². The highest BCUT2D eigenvalue weighted by Gasteiger charge is 2.04. The van der Waals surface area contributed by atoms with Crippen LogP contribution < -0.4 is 20.9 Å². The van der Waals surface area contributed by atoms with E-state index >= 15 is 0 Å². The molecule has 0 aromatic heterocycles. The third-order valence-electron chi connectivity index (χ3n) is 4.50. The summed E-state index contributed by atoms with van der Waals surface area (Å²) >= 11 is 0. The van der Waals surface area contributed by atoms with Gasteiger partial charge in [-0.15, -0.1) is 0 Å². The third-order valence-corrected chi connectivity index (χ3v) is 4.50. The van der Waals surface area contributed by atoms with Gasteiger partial charge in [0, 0.05) is 17.2 Å². The van der Waals surface area contributed by atoms with Crippen molar-refractivity contribution in [3.63, 3.8) is 0 Å². The SMILES string of the molecule is CO/N=C(\N)c1ccc(COc2cccc(OCc3ccc(/C(N)=N\OC)cc3)c2)cc1. The van der Waals surface area contributed by atoms with Crippen LogP contribution in [0.1, 0.15) is 22.3 Å². The lowest BCUT2D eigenvalue weighted by Crippen LogP contribution is -2.13. The Labute approximate surface area is 187 Å². The fourth-order valence-electron chi connectivity index (χ4n) is 2.83. The fraction of sp³-hybridized carbons (Fsp3) is 0.167. The van der Waals surface area contributed by atoms with Crippen molar-refractivity contribution in [3.8, 4) is 11.5 Å². The Bertz CT molecular complexity index is 981. The number of oxime groups is 2. The molecule has 3 aromatic carbocycles. The number of ether oxygens (including phenoxy) is 2. The molecule has 0 saturated heterocycles. The minimum Gasteiger partial charge on any atom is -0.489 e. The molecule has 0 fully saturated rings. The molecule has 0 bridgehead atoms. The number of rotatable bonds is 10. The highest BCUT2D eigenvalue weighted by atomic mass is 16.6. The summed E-state index contributed by atoms with van der Waals surface area (Å²) in [6, 6.07) is 22.7. The molecule has 0 spiro atoms. The van der Waals surface area contributed by atoms with Crippen molar-refractivity contribution >= 4 is 11.7 Å². The lowest BCUT2D eigenvalue weighted by molar-refractivity contribution is 0.213. The van der Waals surface area contributed by atoms with Crippen molar-refractivity contribution in [3.05, 3.63) is 95.1 Å². The van der Waals surface area contributed by atoms with Crippen molar-refractivity contribution in [1.82, 2.24) is 0 Å². The molecule has 0 saturated carbocycles. The smallest absolute Gasteiger partial charge is 0.170 e. The Hall–Kier alpha value is -4.20. The first-order chi connectivity index (χ1) is 15.6. The van der Waals surface area contributed by atoms with E-state index in [4.69, 9.17) is 20.9 Å². The molecule has 0 heterocycles. The second-order valence-corrected chi connectivity index (χ2v) is 6.76. The van der Waals surface area contributed by atoms with Gasteiger partial charge in [-0.1, -0.05) is 64.9 Å². The van der Waals surface area contributed by atoms with E-state index in [9.17, 15) is 0 Å². The summed E-state index contributed by atoms with van der Waals surface area (Å²) in [7, 11) is 2.91. The molecule has 0 aliphatic rings. The zero-order valence-corrected chi connectivity index (χ0v) is 18.0. The average Bonchev–Trinajstić information content (AvgIpc) is 2.83. The Balaban J connectivity index is 1.54. The maximum absolute atomic E-state index is 5.89. The van der Waals surface area contributed by atoms with E-state index in [1.807, 2.05) is 72.8 Å². The van der Waals surface area contributed by atoms with E-state index in [1.165, 1.54) is 14.2 Å². The monoisotopic (exact) mass is 434 g/mol. The number of hydrogen-bond donors (Lipinski definition) is 2. The molecule has 4 N–H and O–H groups in total. The molecule has 0 aliphatic carbocycles. The van der Waals surface area contributed by atoms with Crippen LogP contribution >= 0.6 is 0 Å². The molecule has 3 aromatic rings. The summed E-state index contributed by atoms with van der Waals surface area (Å²) in [6.07, 6.45) is 0. The molecule has 0 radical (unpaired) electrons. The van der Waals surface area contributed by atoms with Crippen LogP contribution in [0.15, 0.2) is 83.1 Å². The Morgan fingerprint density at radius 2 is 1.06 bits per heavy atom. The molecule has 32 heavy (non-hydrogen) atoms. The van der Waals surface area contributed by atoms with E-state index in [1.54, 1.807) is 0 Å². The first-order valence-corrected chi connectivity index (χ1v) is 9.86. The van der Waals surface area contributed by atoms with Gasteiger partial charge in [0.2, 0.25) is 0 Å². The van der Waals surface area contributed by atoms with E-state index in [0.717, 1.165) is 22.3 Å². The van der Waals surface area contributed by atoms with Crippen molar-refractivity contribution in [2.24, 2.45) is 21.8 Å². The predicted octanol–water partition coefficient (Wildman–Crippen LogP) is 3.38. The van der Waals surface area contributed by atoms with Gasteiger partial charge in [0.15, 0.2) is 11.7 Å². The molecule has 0 aliphatic heterocycles. The van der Waals surface area contributed by atoms with Gasteiger partial charge in [-0.3, -0.25) is 0 Å². The zero-order valence-electron chi connectivity index (χ0n) is 18.0. The first kappa shape index (κ1) is 22.5. The Morgan fingerprint density at radius 1 is 0.656 bits per heavy atom. The maximum atomic E-state index is 5.89. The quantitative estimate of drug-likeness (QED) is 0.287. The predicted molar refractivity (Wildman–Crippen MR) is 123 cm³/mol. The van der Waals surface area contributed by atoms with Crippen LogP contribution in [0.4, 0.5) is 0 Å². The Kier molecular flexibility index (Phi) is 7.91. The van der Waals surface area contributed by atoms with E-state index in [0.29, 0.717) is 36.4 Å². The third kappa shape index (κ3) is 6.40. The van der Waals surface area contributed by atoms with Crippen LogP contribution in [0.2, 0.25) is 0 Å². The topological polar surface area (TPSA) is 114 Å². The summed E-state index contributed by atoms with van der Waals surface area (Å²) in [5.74, 6) is 2.08. The second kappa shape index (κ2) is 11.3. The highest BCUT2D eigenvalue weighted by molar-refractivity contribution is 5.97. The van der Waals surface area contributed by atoms with Crippen LogP contribution in [0, 0.1) is 0 Å². The Morgan fingerprint density at radius 3 is 1.44 bits per heavy atom. The fourth-order valence-corrected chi connectivity index (χ4v) is 2.83. The summed E-state index contributed by atoms with van der Waals surface area (Å²) < 4.78 is 11.8. The normalized spacial score (nSPS) is 11.7. The average molecular weight is 434 g/mol. The van der Waals surface area contributed by atoms with Gasteiger partial charge >= 0.3 is 0 Å². The van der Waals surface area contributed by atoms with Crippen LogP contribution in [-0.4, -0.2) is 25.9 Å². The van der Waals surface area contributed by atoms with E-state index in [-0.39, 0.29) is 0 Å². The van der Waals surface area contributed by atoms with Gasteiger partial charge in [-0.25, -0.2) is 0 Å². The minimum absolute atomic E-state index is 0.325. The van der Waals surface area contributed by atoms with E-state index in [2.05, 4.69) is 20.0 Å². The molecule has 0 unspecified atom stereocenters. The maximum Gasteiger partial charge on any atom is 0.170 e. The summed E-state index contributed by atoms with van der Waals surface area (Å²) in [5.41, 5.74) is 15.2. The molecule has 8 nitrogen and oxygen atoms in total. The molecule has 3 rings (SSSR count). The highest BCUT2D eigenvalue weighted by Crippen LogP contribution is 2.21. The zero-order chi connectivity index (χ0) is 22.8. The van der Waals surface area contributed by atoms with Gasteiger partial charge in [0.25, 0.3) is 0 Å². The molecular weight excluding hydrogens is 408 g/mol. The molecule has 0 amide bonds. The number of nitrogens with two attached hydrogens (primary N) is 2. The van der Waals surface area contributed by atoms with Gasteiger partial charge < -0.3 is 30.6 Å². The van der Waals surface area contributed by atoms with Gasteiger partial charge in [0.1, 0.15) is 38.9 Å². The number of hydrogen-bond acceptors (Lipinski definition) is 6. The second-order valence-electron chi connectivity index (χ2n) is 6.76. The lowest BCUT2D eigenvalue weighted by Gasteiger charge is -2.10. The van der Waals surface area contributed by atoms with Gasteiger partial charge in [-0.2, -0.15) is 0 Å². The molecular formula is C24H26N4O4. The summed E-state index contributed by atoms with van der Waals surface area (Å²) in [6.45, 7) is 0.827. The van der Waals surface area contributed by atoms with Crippen molar-refractivity contribution in [2.45, 2.75) is 13.2 Å². The first-order valence-electron chi connectivity index (χ1n) is 9.86. The number of nitrogens with zero attached hydrogens (tertiary/aromatic N) is 2. The lowest BCUT2D eigenvalue weighted by atomic mass is 10.1. The minimum atomic E-state index is 0.325.